The van der Waals surface area contributed by atoms with Crippen LogP contribution in [-0.2, 0) is 10.2 Å². The molecular formula is C23H23F3N6O. The smallest absolute Gasteiger partial charge is 0.370 e. The van der Waals surface area contributed by atoms with Crippen LogP contribution in [0.1, 0.15) is 48.0 Å². The van der Waals surface area contributed by atoms with Crippen LogP contribution in [0.4, 0.5) is 19.1 Å². The van der Waals surface area contributed by atoms with Gasteiger partial charge in [-0.2, -0.15) is 18.2 Å². The van der Waals surface area contributed by atoms with Crippen molar-refractivity contribution in [1.82, 2.24) is 24.9 Å². The number of pyridine rings is 1. The summed E-state index contributed by atoms with van der Waals surface area (Å²) >= 11 is 0. The van der Waals surface area contributed by atoms with Crippen LogP contribution < -0.4 is 4.90 Å². The molecule has 3 aromatic heterocycles. The van der Waals surface area contributed by atoms with E-state index >= 15 is 0 Å². The number of nitrogens with zero attached hydrogens (tertiary/aromatic N) is 6. The summed E-state index contributed by atoms with van der Waals surface area (Å²) in [6, 6.07) is 3.93. The van der Waals surface area contributed by atoms with E-state index in [2.05, 4.69) is 19.9 Å². The lowest BCUT2D eigenvalue weighted by Gasteiger charge is -2.70. The van der Waals surface area contributed by atoms with E-state index in [4.69, 9.17) is 9.72 Å². The van der Waals surface area contributed by atoms with Gasteiger partial charge in [-0.3, -0.25) is 4.98 Å². The first-order valence-corrected chi connectivity index (χ1v) is 11.1. The Balaban J connectivity index is 1.37. The summed E-state index contributed by atoms with van der Waals surface area (Å²) in [5.74, 6) is 0.474. The highest BCUT2D eigenvalue weighted by molar-refractivity contribution is 5.76. The van der Waals surface area contributed by atoms with E-state index in [1.54, 1.807) is 12.4 Å². The van der Waals surface area contributed by atoms with E-state index in [0.717, 1.165) is 11.3 Å². The molecule has 172 valence electrons. The molecule has 4 aliphatic rings. The maximum atomic E-state index is 13.5. The van der Waals surface area contributed by atoms with Crippen molar-refractivity contribution >= 4 is 17.1 Å². The highest BCUT2D eigenvalue weighted by Gasteiger charge is 2.79. The van der Waals surface area contributed by atoms with Crippen LogP contribution in [0.2, 0.25) is 0 Å². The van der Waals surface area contributed by atoms with Crippen molar-refractivity contribution in [2.45, 2.75) is 50.8 Å². The van der Waals surface area contributed by atoms with Crippen molar-refractivity contribution in [2.75, 3.05) is 24.6 Å². The van der Waals surface area contributed by atoms with Crippen molar-refractivity contribution in [3.63, 3.8) is 0 Å². The minimum Gasteiger partial charge on any atom is -0.370 e. The lowest BCUT2D eigenvalue weighted by atomic mass is 9.34. The van der Waals surface area contributed by atoms with Crippen molar-refractivity contribution < 1.29 is 17.9 Å². The lowest BCUT2D eigenvalue weighted by molar-refractivity contribution is -0.337. The van der Waals surface area contributed by atoms with Crippen LogP contribution in [0.25, 0.3) is 11.2 Å². The van der Waals surface area contributed by atoms with Gasteiger partial charge in [0.05, 0.1) is 30.0 Å². The Labute approximate surface area is 188 Å². The first-order chi connectivity index (χ1) is 15.7. The van der Waals surface area contributed by atoms with Gasteiger partial charge >= 0.3 is 6.18 Å². The molecule has 0 aromatic carbocycles. The Bertz CT molecular complexity index is 1240. The summed E-state index contributed by atoms with van der Waals surface area (Å²) in [5.41, 5.74) is 2.02. The highest BCUT2D eigenvalue weighted by atomic mass is 19.4. The largest absolute Gasteiger partial charge is 0.394 e. The third-order valence-electron chi connectivity index (χ3n) is 7.29. The average Bonchev–Trinajstić information content (AvgIpc) is 2.70. The summed E-state index contributed by atoms with van der Waals surface area (Å²) in [5, 5.41) is 0. The number of aromatic nitrogens is 5. The molecule has 0 N–H and O–H groups in total. The van der Waals surface area contributed by atoms with Crippen LogP contribution in [0.5, 0.6) is 0 Å². The number of morpholine rings is 1. The zero-order valence-electron chi connectivity index (χ0n) is 18.4. The molecule has 10 heteroatoms. The van der Waals surface area contributed by atoms with Crippen LogP contribution >= 0.6 is 0 Å². The molecule has 3 saturated carbocycles. The van der Waals surface area contributed by atoms with Gasteiger partial charge in [0.1, 0.15) is 11.6 Å². The number of ether oxygens (including phenoxy) is 1. The molecule has 1 saturated heterocycles. The highest BCUT2D eigenvalue weighted by Crippen LogP contribution is 2.78. The SMILES string of the molecule is Cc1cc([C@H]2CN(c3nc(C45CC(C(F)(F)F)(C4)C5)c4ncc(C)nc4n3)CCO2)ccn1. The number of rotatable bonds is 3. The van der Waals surface area contributed by atoms with Crippen molar-refractivity contribution in [1.29, 1.82) is 0 Å². The fraction of sp³-hybridized carbons (Fsp3) is 0.522. The standard InChI is InChI=1S/C23H23F3N6O/c1-13-7-15(3-4-27-13)16-9-32(5-6-33-16)20-30-18(17-19(31-20)29-14(2)8-28-17)21-10-22(11-21,12-21)23(24,25)26/h3-4,7-8,16H,5-6,9-12H2,1-2H3/t16-,21?,22?/m1/s1. The number of hydrogen-bond acceptors (Lipinski definition) is 7. The van der Waals surface area contributed by atoms with Crippen LogP contribution in [-0.4, -0.2) is 50.8 Å². The normalized spacial score (nSPS) is 29.0. The van der Waals surface area contributed by atoms with E-state index < -0.39 is 17.0 Å². The van der Waals surface area contributed by atoms with Gasteiger partial charge in [-0.1, -0.05) is 0 Å². The average molecular weight is 456 g/mol. The van der Waals surface area contributed by atoms with Gasteiger partial charge in [0.25, 0.3) is 0 Å². The molecule has 0 radical (unpaired) electrons. The second kappa shape index (κ2) is 6.82. The number of halogens is 3. The molecule has 7 rings (SSSR count). The van der Waals surface area contributed by atoms with Gasteiger partial charge in [0.15, 0.2) is 5.65 Å². The Kier molecular flexibility index (Phi) is 4.28. The molecule has 1 atom stereocenters. The van der Waals surface area contributed by atoms with Gasteiger partial charge < -0.3 is 9.64 Å². The first kappa shape index (κ1) is 20.7. The van der Waals surface area contributed by atoms with Crippen LogP contribution in [0.15, 0.2) is 24.5 Å². The third-order valence-corrected chi connectivity index (χ3v) is 7.29. The maximum Gasteiger partial charge on any atom is 0.394 e. The van der Waals surface area contributed by atoms with Crippen LogP contribution in [0.3, 0.4) is 0 Å². The Morgan fingerprint density at radius 2 is 1.85 bits per heavy atom. The van der Waals surface area contributed by atoms with E-state index in [1.807, 2.05) is 30.9 Å². The lowest BCUT2D eigenvalue weighted by Crippen LogP contribution is -2.70. The van der Waals surface area contributed by atoms with Gasteiger partial charge in [0.2, 0.25) is 5.95 Å². The third kappa shape index (κ3) is 3.10. The van der Waals surface area contributed by atoms with E-state index in [-0.39, 0.29) is 25.4 Å². The van der Waals surface area contributed by atoms with Crippen molar-refractivity contribution in [2.24, 2.45) is 5.41 Å². The molecule has 1 aliphatic heterocycles. The zero-order valence-corrected chi connectivity index (χ0v) is 18.4. The van der Waals surface area contributed by atoms with E-state index in [0.29, 0.717) is 48.2 Å². The number of aryl methyl sites for hydroxylation is 2. The summed E-state index contributed by atoms with van der Waals surface area (Å²) in [6.07, 6.45) is -0.782. The monoisotopic (exact) mass is 456 g/mol. The number of alkyl halides is 3. The Morgan fingerprint density at radius 3 is 2.58 bits per heavy atom. The molecule has 2 bridgehead atoms. The number of fused-ring (bicyclic) bond motifs is 1. The molecule has 7 nitrogen and oxygen atoms in total. The van der Waals surface area contributed by atoms with Gasteiger partial charge in [-0.05, 0) is 50.8 Å². The molecule has 0 unspecified atom stereocenters. The second-order valence-corrected chi connectivity index (χ2v) is 9.68. The van der Waals surface area contributed by atoms with Gasteiger partial charge in [-0.15, -0.1) is 0 Å². The van der Waals surface area contributed by atoms with E-state index in [1.165, 1.54) is 0 Å². The fourth-order valence-electron chi connectivity index (χ4n) is 5.63. The Morgan fingerprint density at radius 1 is 1.06 bits per heavy atom. The van der Waals surface area contributed by atoms with E-state index in [9.17, 15) is 13.2 Å². The van der Waals surface area contributed by atoms with Crippen LogP contribution in [0, 0.1) is 19.3 Å². The summed E-state index contributed by atoms with van der Waals surface area (Å²) in [4.78, 5) is 24.8. The minimum absolute atomic E-state index is 0.0621. The molecule has 0 amide bonds. The summed E-state index contributed by atoms with van der Waals surface area (Å²) in [6.45, 7) is 5.37. The molecule has 4 fully saturated rings. The fourth-order valence-corrected chi connectivity index (χ4v) is 5.63. The quantitative estimate of drug-likeness (QED) is 0.590. The zero-order chi connectivity index (χ0) is 23.0. The van der Waals surface area contributed by atoms with Gasteiger partial charge in [-0.25, -0.2) is 15.0 Å². The second-order valence-electron chi connectivity index (χ2n) is 9.68. The van der Waals surface area contributed by atoms with Crippen molar-refractivity contribution in [3.8, 4) is 0 Å². The van der Waals surface area contributed by atoms with Gasteiger partial charge in [0, 0.05) is 30.0 Å². The Hall–Kier alpha value is -2.88. The molecule has 4 heterocycles. The molecule has 0 spiro atoms. The van der Waals surface area contributed by atoms with Crippen molar-refractivity contribution in [3.05, 3.63) is 47.2 Å². The predicted molar refractivity (Wildman–Crippen MR) is 114 cm³/mol. The maximum absolute atomic E-state index is 13.5. The summed E-state index contributed by atoms with van der Waals surface area (Å²) in [7, 11) is 0. The number of hydrogen-bond donors (Lipinski definition) is 0. The minimum atomic E-state index is -4.18. The summed E-state index contributed by atoms with van der Waals surface area (Å²) < 4.78 is 46.5. The molecular weight excluding hydrogens is 433 g/mol. The molecule has 3 aliphatic carbocycles. The molecule has 33 heavy (non-hydrogen) atoms. The predicted octanol–water partition coefficient (Wildman–Crippen LogP) is 3.99. The molecule has 3 aromatic rings. The topological polar surface area (TPSA) is 76.9 Å². The number of anilines is 1. The first-order valence-electron chi connectivity index (χ1n) is 11.1.